The smallest absolute Gasteiger partial charge is 0.293 e. The van der Waals surface area contributed by atoms with Gasteiger partial charge in [-0.2, -0.15) is 0 Å². The van der Waals surface area contributed by atoms with Gasteiger partial charge in [0.25, 0.3) is 11.1 Å². The summed E-state index contributed by atoms with van der Waals surface area (Å²) >= 11 is 7.29. The molecule has 1 saturated heterocycles. The Balaban J connectivity index is 1.42. The van der Waals surface area contributed by atoms with Crippen LogP contribution in [0.1, 0.15) is 28.1 Å². The van der Waals surface area contributed by atoms with Crippen LogP contribution >= 0.6 is 23.4 Å². The van der Waals surface area contributed by atoms with E-state index in [-0.39, 0.29) is 24.5 Å². The molecule has 3 aromatic rings. The van der Waals surface area contributed by atoms with Crippen molar-refractivity contribution in [3.63, 3.8) is 0 Å². The van der Waals surface area contributed by atoms with E-state index >= 15 is 0 Å². The molecule has 3 heterocycles. The van der Waals surface area contributed by atoms with Crippen LogP contribution in [0.4, 0.5) is 4.79 Å². The zero-order valence-electron chi connectivity index (χ0n) is 18.3. The lowest BCUT2D eigenvalue weighted by atomic mass is 10.2. The number of ether oxygens (including phenoxy) is 2. The first-order valence-electron chi connectivity index (χ1n) is 10.4. The van der Waals surface area contributed by atoms with E-state index in [1.54, 1.807) is 18.2 Å². The first-order valence-corrected chi connectivity index (χ1v) is 11.6. The molecule has 2 amide bonds. The van der Waals surface area contributed by atoms with Gasteiger partial charge in [0, 0.05) is 28.2 Å². The van der Waals surface area contributed by atoms with Gasteiger partial charge in [-0.3, -0.25) is 14.5 Å². The molecule has 8 heteroatoms. The van der Waals surface area contributed by atoms with Gasteiger partial charge in [-0.15, -0.1) is 0 Å². The number of fused-ring (bicyclic) bond motifs is 1. The van der Waals surface area contributed by atoms with Crippen molar-refractivity contribution < 1.29 is 19.1 Å². The van der Waals surface area contributed by atoms with Gasteiger partial charge in [-0.1, -0.05) is 29.3 Å². The van der Waals surface area contributed by atoms with Crippen molar-refractivity contribution >= 4 is 40.6 Å². The second kappa shape index (κ2) is 8.32. The third kappa shape index (κ3) is 3.92. The Kier molecular flexibility index (Phi) is 5.46. The molecule has 0 bridgehead atoms. The molecule has 168 valence electrons. The summed E-state index contributed by atoms with van der Waals surface area (Å²) in [5.41, 5.74) is 5.83. The summed E-state index contributed by atoms with van der Waals surface area (Å²) in [5, 5.41) is 0.0937. The molecule has 1 fully saturated rings. The molecule has 0 N–H and O–H groups in total. The van der Waals surface area contributed by atoms with Crippen LogP contribution in [0.5, 0.6) is 11.5 Å². The Hall–Kier alpha value is -3.16. The Morgan fingerprint density at radius 1 is 1.03 bits per heavy atom. The zero-order valence-corrected chi connectivity index (χ0v) is 19.9. The van der Waals surface area contributed by atoms with Gasteiger partial charge in [-0.25, -0.2) is 0 Å². The van der Waals surface area contributed by atoms with Gasteiger partial charge in [0.1, 0.15) is 0 Å². The first-order chi connectivity index (χ1) is 15.8. The lowest BCUT2D eigenvalue weighted by Gasteiger charge is -2.14. The Labute approximate surface area is 200 Å². The van der Waals surface area contributed by atoms with E-state index in [1.165, 1.54) is 10.5 Å². The van der Waals surface area contributed by atoms with Crippen LogP contribution in [-0.4, -0.2) is 27.4 Å². The summed E-state index contributed by atoms with van der Waals surface area (Å²) in [7, 11) is 0. The van der Waals surface area contributed by atoms with E-state index in [9.17, 15) is 9.59 Å². The highest BCUT2D eigenvalue weighted by atomic mass is 35.5. The molecule has 0 atom stereocenters. The van der Waals surface area contributed by atoms with Crippen LogP contribution in [0, 0.1) is 20.8 Å². The van der Waals surface area contributed by atoms with Crippen LogP contribution in [0.3, 0.4) is 0 Å². The number of halogens is 1. The second-order valence-corrected chi connectivity index (χ2v) is 9.46. The summed E-state index contributed by atoms with van der Waals surface area (Å²) in [5.74, 6) is 0.779. The monoisotopic (exact) mass is 480 g/mol. The van der Waals surface area contributed by atoms with Gasteiger partial charge in [0.2, 0.25) is 6.79 Å². The zero-order chi connectivity index (χ0) is 23.3. The average Bonchev–Trinajstić information content (AvgIpc) is 3.42. The Bertz CT molecular complexity index is 1330. The topological polar surface area (TPSA) is 60.8 Å². The molecule has 0 unspecified atom stereocenters. The highest BCUT2D eigenvalue weighted by Gasteiger charge is 2.36. The molecule has 6 nitrogen and oxygen atoms in total. The largest absolute Gasteiger partial charge is 0.454 e. The van der Waals surface area contributed by atoms with Gasteiger partial charge >= 0.3 is 0 Å². The number of aromatic nitrogens is 1. The van der Waals surface area contributed by atoms with E-state index in [0.29, 0.717) is 27.0 Å². The SMILES string of the molecule is Cc1ccc(-n2c(C)cc(/C=C3\SC(=O)N(Cc4cc5c(cc4Cl)OCO5)C3=O)c2C)cc1. The van der Waals surface area contributed by atoms with Crippen molar-refractivity contribution in [1.82, 2.24) is 9.47 Å². The molecule has 33 heavy (non-hydrogen) atoms. The highest BCUT2D eigenvalue weighted by molar-refractivity contribution is 8.18. The Morgan fingerprint density at radius 3 is 2.45 bits per heavy atom. The van der Waals surface area contributed by atoms with E-state index in [1.807, 2.05) is 19.9 Å². The lowest BCUT2D eigenvalue weighted by molar-refractivity contribution is -0.123. The minimum absolute atomic E-state index is 0.0693. The predicted octanol–water partition coefficient (Wildman–Crippen LogP) is 6.02. The fourth-order valence-corrected chi connectivity index (χ4v) is 5.10. The molecule has 2 aliphatic rings. The van der Waals surface area contributed by atoms with E-state index < -0.39 is 0 Å². The number of imide groups is 1. The van der Waals surface area contributed by atoms with Crippen LogP contribution in [0.15, 0.2) is 47.4 Å². The first kappa shape index (κ1) is 21.7. The van der Waals surface area contributed by atoms with Crippen LogP contribution in [0.25, 0.3) is 11.8 Å². The van der Waals surface area contributed by atoms with Crippen molar-refractivity contribution in [3.8, 4) is 17.2 Å². The number of carbonyl (C=O) groups is 2. The van der Waals surface area contributed by atoms with Crippen molar-refractivity contribution in [2.75, 3.05) is 6.79 Å². The Morgan fingerprint density at radius 2 is 1.73 bits per heavy atom. The molecule has 2 aromatic carbocycles. The molecule has 0 aliphatic carbocycles. The van der Waals surface area contributed by atoms with Crippen LogP contribution < -0.4 is 9.47 Å². The van der Waals surface area contributed by atoms with Crippen molar-refractivity contribution in [2.45, 2.75) is 27.3 Å². The number of nitrogens with zero attached hydrogens (tertiary/aromatic N) is 2. The molecular formula is C25H21ClN2O4S. The van der Waals surface area contributed by atoms with Gasteiger partial charge in [0.15, 0.2) is 11.5 Å². The van der Waals surface area contributed by atoms with Gasteiger partial charge < -0.3 is 14.0 Å². The van der Waals surface area contributed by atoms with E-state index in [4.69, 9.17) is 21.1 Å². The number of rotatable bonds is 4. The lowest BCUT2D eigenvalue weighted by Crippen LogP contribution is -2.27. The molecule has 0 spiro atoms. The van der Waals surface area contributed by atoms with Crippen LogP contribution in [0.2, 0.25) is 5.02 Å². The number of hydrogen-bond donors (Lipinski definition) is 0. The number of carbonyl (C=O) groups excluding carboxylic acids is 2. The van der Waals surface area contributed by atoms with Crippen LogP contribution in [-0.2, 0) is 11.3 Å². The fourth-order valence-electron chi connectivity index (χ4n) is 4.05. The maximum atomic E-state index is 13.1. The normalized spacial score (nSPS) is 16.4. The summed E-state index contributed by atoms with van der Waals surface area (Å²) in [6, 6.07) is 13.7. The number of hydrogen-bond acceptors (Lipinski definition) is 5. The van der Waals surface area contributed by atoms with E-state index in [2.05, 4.69) is 35.8 Å². The summed E-state index contributed by atoms with van der Waals surface area (Å²) in [6.45, 7) is 6.28. The molecule has 2 aliphatic heterocycles. The number of thioether (sulfide) groups is 1. The number of benzene rings is 2. The molecule has 0 saturated carbocycles. The second-order valence-electron chi connectivity index (χ2n) is 8.06. The van der Waals surface area contributed by atoms with Gasteiger partial charge in [0.05, 0.1) is 11.4 Å². The third-order valence-corrected chi connectivity index (χ3v) is 7.05. The molecule has 5 rings (SSSR count). The minimum Gasteiger partial charge on any atom is -0.454 e. The van der Waals surface area contributed by atoms with Crippen molar-refractivity contribution in [3.05, 3.63) is 80.5 Å². The minimum atomic E-state index is -0.334. The third-order valence-electron chi connectivity index (χ3n) is 5.79. The average molecular weight is 481 g/mol. The maximum absolute atomic E-state index is 13.1. The quantitative estimate of drug-likeness (QED) is 0.427. The number of amides is 2. The summed E-state index contributed by atoms with van der Waals surface area (Å²) in [6.07, 6.45) is 1.79. The van der Waals surface area contributed by atoms with Gasteiger partial charge in [-0.05, 0) is 74.0 Å². The molecule has 0 radical (unpaired) electrons. The summed E-state index contributed by atoms with van der Waals surface area (Å²) < 4.78 is 12.9. The van der Waals surface area contributed by atoms with Crippen molar-refractivity contribution in [2.24, 2.45) is 0 Å². The molecule has 1 aromatic heterocycles. The fraction of sp³-hybridized carbons (Fsp3) is 0.200. The van der Waals surface area contributed by atoms with Crippen molar-refractivity contribution in [1.29, 1.82) is 0 Å². The standard InChI is InChI=1S/C25H21ClN2O4S/c1-14-4-6-19(7-5-14)28-15(2)8-17(16(28)3)10-23-24(29)27(25(30)33-23)12-18-9-21-22(11-20(18)26)32-13-31-21/h4-11H,12-13H2,1-3H3/b23-10-. The predicted molar refractivity (Wildman–Crippen MR) is 129 cm³/mol. The molecular weight excluding hydrogens is 460 g/mol. The maximum Gasteiger partial charge on any atom is 0.293 e. The number of aryl methyl sites for hydroxylation is 2. The van der Waals surface area contributed by atoms with E-state index in [0.717, 1.165) is 34.4 Å². The summed E-state index contributed by atoms with van der Waals surface area (Å²) in [4.78, 5) is 27.4. The highest BCUT2D eigenvalue weighted by Crippen LogP contribution is 2.39.